The Labute approximate surface area is 227 Å². The number of alkyl carbamates (subject to hydrolysis) is 1. The van der Waals surface area contributed by atoms with Gasteiger partial charge in [-0.1, -0.05) is 0 Å². The van der Waals surface area contributed by atoms with Gasteiger partial charge in [0.05, 0.1) is 30.2 Å². The normalized spacial score (nSPS) is 24.3. The Morgan fingerprint density at radius 2 is 1.85 bits per heavy atom. The molecule has 2 N–H and O–H groups in total. The molecule has 6 rings (SSSR count). The lowest BCUT2D eigenvalue weighted by Gasteiger charge is -2.38. The van der Waals surface area contributed by atoms with E-state index in [1.54, 1.807) is 37.7 Å². The van der Waals surface area contributed by atoms with E-state index in [-0.39, 0.29) is 49.2 Å². The molecule has 9 nitrogen and oxygen atoms in total. The minimum atomic E-state index is -2.68. The number of nitrogens with one attached hydrogen (secondary N) is 2. The molecule has 1 spiro atoms. The number of urea groups is 1. The van der Waals surface area contributed by atoms with Crippen molar-refractivity contribution in [1.29, 1.82) is 0 Å². The third kappa shape index (κ3) is 5.68. The summed E-state index contributed by atoms with van der Waals surface area (Å²) in [7, 11) is 0. The fraction of sp³-hybridized carbons (Fsp3) is 0.714. The Balaban J connectivity index is 1.27. The summed E-state index contributed by atoms with van der Waals surface area (Å²) in [5.41, 5.74) is 1.43. The largest absolute Gasteiger partial charge is 0.444 e. The molecular weight excluding hydrogens is 506 g/mol. The third-order valence-electron chi connectivity index (χ3n) is 8.65. The summed E-state index contributed by atoms with van der Waals surface area (Å²) in [6.45, 7) is 6.07. The van der Waals surface area contributed by atoms with Crippen LogP contribution in [0.1, 0.15) is 102 Å². The Hall–Kier alpha value is -2.98. The summed E-state index contributed by atoms with van der Waals surface area (Å²) >= 11 is 0. The molecule has 3 heterocycles. The van der Waals surface area contributed by atoms with Crippen LogP contribution in [0.5, 0.6) is 0 Å². The lowest BCUT2D eigenvalue weighted by molar-refractivity contribution is -0.0500. The number of halogens is 2. The number of imidazole rings is 1. The summed E-state index contributed by atoms with van der Waals surface area (Å²) in [6.07, 6.45) is 8.27. The molecule has 3 aliphatic carbocycles. The highest BCUT2D eigenvalue weighted by Crippen LogP contribution is 2.48. The number of hydrogen-bond acceptors (Lipinski definition) is 5. The highest BCUT2D eigenvalue weighted by atomic mass is 19.3. The summed E-state index contributed by atoms with van der Waals surface area (Å²) in [6, 6.07) is 1.32. The van der Waals surface area contributed by atoms with Crippen molar-refractivity contribution in [3.63, 3.8) is 0 Å². The number of nitrogens with zero attached hydrogens (tertiary/aromatic N) is 4. The maximum absolute atomic E-state index is 13.9. The van der Waals surface area contributed by atoms with E-state index in [2.05, 4.69) is 15.7 Å². The number of carbonyl (C=O) groups is 2. The second-order valence-corrected chi connectivity index (χ2v) is 13.0. The first-order valence-corrected chi connectivity index (χ1v) is 14.2. The van der Waals surface area contributed by atoms with E-state index in [4.69, 9.17) is 9.72 Å². The van der Waals surface area contributed by atoms with Crippen LogP contribution in [0, 0.1) is 11.8 Å². The van der Waals surface area contributed by atoms with Crippen LogP contribution in [0.15, 0.2) is 18.5 Å². The molecule has 0 aromatic carbocycles. The number of hydrogen-bond donors (Lipinski definition) is 2. The molecule has 1 saturated heterocycles. The van der Waals surface area contributed by atoms with Crippen LogP contribution in [0.4, 0.5) is 18.4 Å². The fourth-order valence-corrected chi connectivity index (χ4v) is 6.19. The van der Waals surface area contributed by atoms with Gasteiger partial charge in [-0.05, 0) is 89.2 Å². The maximum atomic E-state index is 13.9. The predicted octanol–water partition coefficient (Wildman–Crippen LogP) is 5.52. The molecule has 2 aromatic heterocycles. The molecule has 4 aliphatic rings. The maximum Gasteiger partial charge on any atom is 0.408 e. The molecule has 2 aromatic rings. The first kappa shape index (κ1) is 26.3. The van der Waals surface area contributed by atoms with Gasteiger partial charge in [0.25, 0.3) is 0 Å². The zero-order valence-electron chi connectivity index (χ0n) is 22.9. The molecule has 11 heteroatoms. The Bertz CT molecular complexity index is 1260. The van der Waals surface area contributed by atoms with E-state index >= 15 is 0 Å². The standard InChI is InChI=1S/C28H38F2N6O3/c1-26(2,3)39-25(38)33-22(17-6-8-28(29,30)9-7-17)20-16-36-21(32-20)14-19(15-31-36)23(18-4-5-18)35-13-12-27(10-11-27)34-24(35)37/h14-18,22-23H,4-13H2,1-3H3,(H,33,38)(H,34,37)/t22-,23+/m0/s1. The molecule has 0 unspecified atom stereocenters. The Morgan fingerprint density at radius 1 is 1.13 bits per heavy atom. The Kier molecular flexibility index (Phi) is 6.26. The number of aromatic nitrogens is 3. The minimum Gasteiger partial charge on any atom is -0.444 e. The van der Waals surface area contributed by atoms with Gasteiger partial charge in [0.2, 0.25) is 5.92 Å². The topological polar surface area (TPSA) is 101 Å². The van der Waals surface area contributed by atoms with Crippen molar-refractivity contribution in [3.05, 3.63) is 29.7 Å². The molecular formula is C28H38F2N6O3. The van der Waals surface area contributed by atoms with Crippen molar-refractivity contribution in [3.8, 4) is 0 Å². The summed E-state index contributed by atoms with van der Waals surface area (Å²) < 4.78 is 35.0. The van der Waals surface area contributed by atoms with Gasteiger partial charge in [0, 0.05) is 24.9 Å². The smallest absolute Gasteiger partial charge is 0.408 e. The molecule has 39 heavy (non-hydrogen) atoms. The van der Waals surface area contributed by atoms with Crippen LogP contribution in [0.25, 0.3) is 5.65 Å². The van der Waals surface area contributed by atoms with Crippen LogP contribution >= 0.6 is 0 Å². The fourth-order valence-electron chi connectivity index (χ4n) is 6.19. The van der Waals surface area contributed by atoms with E-state index in [9.17, 15) is 18.4 Å². The van der Waals surface area contributed by atoms with Crippen molar-refractivity contribution < 1.29 is 23.1 Å². The van der Waals surface area contributed by atoms with E-state index in [0.717, 1.165) is 44.2 Å². The predicted molar refractivity (Wildman–Crippen MR) is 139 cm³/mol. The van der Waals surface area contributed by atoms with Crippen LogP contribution in [-0.4, -0.2) is 55.2 Å². The molecule has 1 aliphatic heterocycles. The van der Waals surface area contributed by atoms with Gasteiger partial charge in [-0.2, -0.15) is 5.10 Å². The van der Waals surface area contributed by atoms with Gasteiger partial charge < -0.3 is 20.3 Å². The van der Waals surface area contributed by atoms with Crippen molar-refractivity contribution in [2.24, 2.45) is 11.8 Å². The van der Waals surface area contributed by atoms with Gasteiger partial charge in [0.15, 0.2) is 5.65 Å². The summed E-state index contributed by atoms with van der Waals surface area (Å²) in [5.74, 6) is -2.49. The van der Waals surface area contributed by atoms with Crippen molar-refractivity contribution in [2.45, 2.75) is 108 Å². The van der Waals surface area contributed by atoms with Gasteiger partial charge in [-0.3, -0.25) is 0 Å². The number of ether oxygens (including phenoxy) is 1. The number of rotatable bonds is 6. The number of alkyl halides is 2. The van der Waals surface area contributed by atoms with Crippen molar-refractivity contribution in [1.82, 2.24) is 30.1 Å². The second kappa shape index (κ2) is 9.30. The average Bonchev–Trinajstić information content (AvgIpc) is 3.77. The average molecular weight is 545 g/mol. The lowest BCUT2D eigenvalue weighted by atomic mass is 9.81. The van der Waals surface area contributed by atoms with E-state index in [0.29, 0.717) is 17.3 Å². The van der Waals surface area contributed by atoms with E-state index in [1.807, 2.05) is 11.0 Å². The van der Waals surface area contributed by atoms with Crippen molar-refractivity contribution >= 4 is 17.8 Å². The van der Waals surface area contributed by atoms with E-state index in [1.165, 1.54) is 0 Å². The highest BCUT2D eigenvalue weighted by Gasteiger charge is 2.50. The van der Waals surface area contributed by atoms with Crippen LogP contribution in [0.3, 0.4) is 0 Å². The highest BCUT2D eigenvalue weighted by molar-refractivity contribution is 5.77. The molecule has 3 amide bonds. The molecule has 0 bridgehead atoms. The summed E-state index contributed by atoms with van der Waals surface area (Å²) in [4.78, 5) is 32.5. The monoisotopic (exact) mass is 544 g/mol. The number of fused-ring (bicyclic) bond motifs is 1. The SMILES string of the molecule is CC(C)(C)OC(=O)N[C@H](c1cn2ncc([C@@H](C3CC3)N3CCC4(CC4)NC3=O)cc2n1)C1CCC(F)(F)CC1. The first-order valence-electron chi connectivity index (χ1n) is 14.2. The minimum absolute atomic E-state index is 0.00437. The van der Waals surface area contributed by atoms with Crippen LogP contribution < -0.4 is 10.6 Å². The zero-order chi connectivity index (χ0) is 27.6. The van der Waals surface area contributed by atoms with Crippen LogP contribution in [0.2, 0.25) is 0 Å². The lowest BCUT2D eigenvalue weighted by Crippen LogP contribution is -2.54. The van der Waals surface area contributed by atoms with Gasteiger partial charge in [-0.25, -0.2) is 27.9 Å². The number of carbonyl (C=O) groups excluding carboxylic acids is 2. The zero-order valence-corrected chi connectivity index (χ0v) is 22.9. The second-order valence-electron chi connectivity index (χ2n) is 13.0. The third-order valence-corrected chi connectivity index (χ3v) is 8.65. The van der Waals surface area contributed by atoms with Crippen molar-refractivity contribution in [2.75, 3.05) is 6.54 Å². The molecule has 2 atom stereocenters. The number of amides is 3. The van der Waals surface area contributed by atoms with Crippen LogP contribution in [-0.2, 0) is 4.74 Å². The van der Waals surface area contributed by atoms with Gasteiger partial charge in [-0.15, -0.1) is 0 Å². The van der Waals surface area contributed by atoms with E-state index < -0.39 is 23.7 Å². The first-order chi connectivity index (χ1) is 18.4. The quantitative estimate of drug-likeness (QED) is 0.499. The van der Waals surface area contributed by atoms with Gasteiger partial charge >= 0.3 is 12.1 Å². The summed E-state index contributed by atoms with van der Waals surface area (Å²) in [5, 5.41) is 10.8. The molecule has 212 valence electrons. The Morgan fingerprint density at radius 3 is 2.46 bits per heavy atom. The molecule has 3 saturated carbocycles. The molecule has 0 radical (unpaired) electrons. The van der Waals surface area contributed by atoms with Gasteiger partial charge in [0.1, 0.15) is 5.60 Å². The molecule has 4 fully saturated rings.